The number of carbonyl (C=O) groups is 2. The monoisotopic (exact) mass is 361 g/mol. The van der Waals surface area contributed by atoms with Gasteiger partial charge in [0, 0.05) is 34.7 Å². The fourth-order valence-corrected chi connectivity index (χ4v) is 3.12. The SMILES string of the molecule is CC(C)NC(=O)c1noc2c1CC(NC(=O)c1cccc(Cl)c1)CC2. The van der Waals surface area contributed by atoms with Gasteiger partial charge in [-0.3, -0.25) is 9.59 Å². The summed E-state index contributed by atoms with van der Waals surface area (Å²) in [6, 6.07) is 6.75. The van der Waals surface area contributed by atoms with E-state index in [2.05, 4.69) is 15.8 Å². The van der Waals surface area contributed by atoms with Crippen molar-refractivity contribution in [2.75, 3.05) is 0 Å². The lowest BCUT2D eigenvalue weighted by Crippen LogP contribution is -2.39. The van der Waals surface area contributed by atoms with Crippen LogP contribution in [-0.2, 0) is 12.8 Å². The van der Waals surface area contributed by atoms with Crippen LogP contribution in [0.3, 0.4) is 0 Å². The quantitative estimate of drug-likeness (QED) is 0.877. The zero-order valence-corrected chi connectivity index (χ0v) is 14.9. The van der Waals surface area contributed by atoms with E-state index < -0.39 is 0 Å². The molecule has 1 unspecified atom stereocenters. The third-order valence-corrected chi connectivity index (χ3v) is 4.33. The molecule has 2 N–H and O–H groups in total. The Kier molecular flexibility index (Phi) is 5.08. The number of aryl methyl sites for hydroxylation is 1. The zero-order valence-electron chi connectivity index (χ0n) is 14.1. The number of amides is 2. The lowest BCUT2D eigenvalue weighted by Gasteiger charge is -2.22. The Hall–Kier alpha value is -2.34. The molecular formula is C18H20ClN3O3. The van der Waals surface area contributed by atoms with Gasteiger partial charge in [0.25, 0.3) is 11.8 Å². The summed E-state index contributed by atoms with van der Waals surface area (Å²) in [7, 11) is 0. The fraction of sp³-hybridized carbons (Fsp3) is 0.389. The second-order valence-electron chi connectivity index (χ2n) is 6.48. The molecule has 1 aromatic carbocycles. The number of nitrogens with one attached hydrogen (secondary N) is 2. The Balaban J connectivity index is 1.71. The molecule has 6 nitrogen and oxygen atoms in total. The van der Waals surface area contributed by atoms with E-state index in [9.17, 15) is 9.59 Å². The van der Waals surface area contributed by atoms with Crippen molar-refractivity contribution in [2.45, 2.75) is 45.2 Å². The van der Waals surface area contributed by atoms with Crippen LogP contribution in [0.25, 0.3) is 0 Å². The van der Waals surface area contributed by atoms with Crippen LogP contribution in [0.2, 0.25) is 5.02 Å². The van der Waals surface area contributed by atoms with Crippen LogP contribution in [0.1, 0.15) is 52.4 Å². The number of nitrogens with zero attached hydrogens (tertiary/aromatic N) is 1. The first-order valence-electron chi connectivity index (χ1n) is 8.28. The van der Waals surface area contributed by atoms with Gasteiger partial charge in [-0.15, -0.1) is 0 Å². The van der Waals surface area contributed by atoms with E-state index in [0.717, 1.165) is 17.7 Å². The lowest BCUT2D eigenvalue weighted by atomic mass is 9.91. The highest BCUT2D eigenvalue weighted by Gasteiger charge is 2.29. The van der Waals surface area contributed by atoms with E-state index >= 15 is 0 Å². The van der Waals surface area contributed by atoms with Crippen molar-refractivity contribution >= 4 is 23.4 Å². The van der Waals surface area contributed by atoms with E-state index in [1.807, 2.05) is 13.8 Å². The average Bonchev–Trinajstić information content (AvgIpc) is 2.97. The van der Waals surface area contributed by atoms with Gasteiger partial charge in [0.15, 0.2) is 5.69 Å². The highest BCUT2D eigenvalue weighted by atomic mass is 35.5. The van der Waals surface area contributed by atoms with Crippen LogP contribution in [-0.4, -0.2) is 29.1 Å². The number of halogens is 1. The van der Waals surface area contributed by atoms with Gasteiger partial charge in [0.05, 0.1) is 0 Å². The van der Waals surface area contributed by atoms with Crippen LogP contribution in [0.5, 0.6) is 0 Å². The normalized spacial score (nSPS) is 16.4. The third kappa shape index (κ3) is 4.02. The first kappa shape index (κ1) is 17.5. The summed E-state index contributed by atoms with van der Waals surface area (Å²) in [6.45, 7) is 3.77. The van der Waals surface area contributed by atoms with E-state index in [4.69, 9.17) is 16.1 Å². The number of hydrogen-bond acceptors (Lipinski definition) is 4. The molecule has 25 heavy (non-hydrogen) atoms. The predicted octanol–water partition coefficient (Wildman–Crippen LogP) is 2.75. The number of carbonyl (C=O) groups excluding carboxylic acids is 2. The molecule has 0 saturated carbocycles. The molecule has 2 amide bonds. The summed E-state index contributed by atoms with van der Waals surface area (Å²) in [5.41, 5.74) is 1.60. The molecule has 1 atom stereocenters. The molecule has 0 spiro atoms. The summed E-state index contributed by atoms with van der Waals surface area (Å²) in [6.07, 6.45) is 1.89. The van der Waals surface area contributed by atoms with Gasteiger partial charge < -0.3 is 15.2 Å². The first-order valence-corrected chi connectivity index (χ1v) is 8.66. The van der Waals surface area contributed by atoms with Gasteiger partial charge >= 0.3 is 0 Å². The lowest BCUT2D eigenvalue weighted by molar-refractivity contribution is 0.0928. The van der Waals surface area contributed by atoms with Crippen molar-refractivity contribution in [3.8, 4) is 0 Å². The molecule has 2 aromatic rings. The standard InChI is InChI=1S/C18H20ClN3O3/c1-10(2)20-18(24)16-14-9-13(6-7-15(14)25-22-16)21-17(23)11-4-3-5-12(19)8-11/h3-5,8,10,13H,6-7,9H2,1-2H3,(H,20,24)(H,21,23). The highest BCUT2D eigenvalue weighted by molar-refractivity contribution is 6.30. The van der Waals surface area contributed by atoms with Crippen LogP contribution < -0.4 is 10.6 Å². The van der Waals surface area contributed by atoms with Crippen LogP contribution in [0.15, 0.2) is 28.8 Å². The number of hydrogen-bond donors (Lipinski definition) is 2. The Morgan fingerprint density at radius 1 is 1.32 bits per heavy atom. The summed E-state index contributed by atoms with van der Waals surface area (Å²) < 4.78 is 5.30. The van der Waals surface area contributed by atoms with E-state index in [1.165, 1.54) is 0 Å². The van der Waals surface area contributed by atoms with Gasteiger partial charge in [0.1, 0.15) is 5.76 Å². The van der Waals surface area contributed by atoms with Gasteiger partial charge in [0.2, 0.25) is 0 Å². The predicted molar refractivity (Wildman–Crippen MR) is 93.8 cm³/mol. The average molecular weight is 362 g/mol. The third-order valence-electron chi connectivity index (χ3n) is 4.10. The minimum Gasteiger partial charge on any atom is -0.360 e. The topological polar surface area (TPSA) is 84.2 Å². The van der Waals surface area contributed by atoms with E-state index in [1.54, 1.807) is 24.3 Å². The molecule has 0 saturated heterocycles. The van der Waals surface area contributed by atoms with Crippen molar-refractivity contribution in [1.82, 2.24) is 15.8 Å². The molecule has 1 aliphatic carbocycles. The molecule has 132 valence electrons. The zero-order chi connectivity index (χ0) is 18.0. The second-order valence-corrected chi connectivity index (χ2v) is 6.92. The Morgan fingerprint density at radius 2 is 2.12 bits per heavy atom. The first-order chi connectivity index (χ1) is 11.9. The van der Waals surface area contributed by atoms with Crippen LogP contribution >= 0.6 is 11.6 Å². The van der Waals surface area contributed by atoms with Gasteiger partial charge in [-0.1, -0.05) is 22.8 Å². The summed E-state index contributed by atoms with van der Waals surface area (Å²) in [4.78, 5) is 24.6. The highest BCUT2D eigenvalue weighted by Crippen LogP contribution is 2.25. The number of aromatic nitrogens is 1. The van der Waals surface area contributed by atoms with Crippen LogP contribution in [0, 0.1) is 0 Å². The Bertz CT molecular complexity index is 801. The maximum atomic E-state index is 12.4. The maximum Gasteiger partial charge on any atom is 0.273 e. The largest absolute Gasteiger partial charge is 0.360 e. The molecule has 0 bridgehead atoms. The van der Waals surface area contributed by atoms with Crippen molar-refractivity contribution in [1.29, 1.82) is 0 Å². The molecule has 1 aliphatic rings. The minimum absolute atomic E-state index is 0.0155. The molecule has 7 heteroatoms. The minimum atomic E-state index is -0.248. The Morgan fingerprint density at radius 3 is 2.84 bits per heavy atom. The maximum absolute atomic E-state index is 12.4. The summed E-state index contributed by atoms with van der Waals surface area (Å²) >= 11 is 5.94. The van der Waals surface area contributed by atoms with Crippen molar-refractivity contribution in [3.05, 3.63) is 51.9 Å². The molecule has 0 radical (unpaired) electrons. The fourth-order valence-electron chi connectivity index (χ4n) is 2.93. The summed E-state index contributed by atoms with van der Waals surface area (Å²) in [5.74, 6) is 0.296. The van der Waals surface area contributed by atoms with E-state index in [-0.39, 0.29) is 23.9 Å². The van der Waals surface area contributed by atoms with Crippen LogP contribution in [0.4, 0.5) is 0 Å². The van der Waals surface area contributed by atoms with Gasteiger partial charge in [-0.25, -0.2) is 0 Å². The molecule has 3 rings (SSSR count). The second kappa shape index (κ2) is 7.27. The van der Waals surface area contributed by atoms with Crippen molar-refractivity contribution < 1.29 is 14.1 Å². The molecule has 0 fully saturated rings. The number of fused-ring (bicyclic) bond motifs is 1. The van der Waals surface area contributed by atoms with Gasteiger partial charge in [-0.05, 0) is 44.9 Å². The Labute approximate surface area is 150 Å². The molecule has 0 aliphatic heterocycles. The molecule has 1 aromatic heterocycles. The van der Waals surface area contributed by atoms with Crippen molar-refractivity contribution in [2.24, 2.45) is 0 Å². The smallest absolute Gasteiger partial charge is 0.273 e. The summed E-state index contributed by atoms with van der Waals surface area (Å²) in [5, 5.41) is 10.3. The van der Waals surface area contributed by atoms with Gasteiger partial charge in [-0.2, -0.15) is 0 Å². The number of benzene rings is 1. The molecular weight excluding hydrogens is 342 g/mol. The molecule has 1 heterocycles. The van der Waals surface area contributed by atoms with E-state index in [0.29, 0.717) is 29.1 Å². The van der Waals surface area contributed by atoms with Crippen molar-refractivity contribution in [3.63, 3.8) is 0 Å². The number of rotatable bonds is 4.